The van der Waals surface area contributed by atoms with Gasteiger partial charge in [0.25, 0.3) is 5.91 Å². The smallest absolute Gasteiger partial charge is 0.260 e. The summed E-state index contributed by atoms with van der Waals surface area (Å²) < 4.78 is 5.53. The molecule has 1 heterocycles. The Balaban J connectivity index is 1.43. The summed E-state index contributed by atoms with van der Waals surface area (Å²) in [4.78, 5) is 16.5. The van der Waals surface area contributed by atoms with Crippen LogP contribution in [0.15, 0.2) is 48.5 Å². The Morgan fingerprint density at radius 1 is 0.960 bits per heavy atom. The molecule has 0 saturated carbocycles. The predicted octanol–water partition coefficient (Wildman–Crippen LogP) is 3.72. The molecule has 0 unspecified atom stereocenters. The van der Waals surface area contributed by atoms with Crippen LogP contribution in [0.4, 0.5) is 0 Å². The lowest BCUT2D eigenvalue weighted by Gasteiger charge is -2.34. The van der Waals surface area contributed by atoms with Crippen LogP contribution in [0.1, 0.15) is 5.56 Å². The average Bonchev–Trinajstić information content (AvgIpc) is 2.62. The summed E-state index contributed by atoms with van der Waals surface area (Å²) in [5.41, 5.74) is 1.19. The number of carbonyl (C=O) groups excluding carboxylic acids is 1. The minimum atomic E-state index is 0.0114. The van der Waals surface area contributed by atoms with Gasteiger partial charge in [-0.3, -0.25) is 9.69 Å². The van der Waals surface area contributed by atoms with Gasteiger partial charge in [0.2, 0.25) is 0 Å². The van der Waals surface area contributed by atoms with Crippen LogP contribution < -0.4 is 4.74 Å². The second-order valence-corrected chi connectivity index (χ2v) is 6.90. The molecule has 1 amide bonds. The molecule has 0 radical (unpaired) electrons. The highest BCUT2D eigenvalue weighted by Gasteiger charge is 2.21. The number of hydrogen-bond donors (Lipinski definition) is 0. The van der Waals surface area contributed by atoms with E-state index in [2.05, 4.69) is 11.0 Å². The Morgan fingerprint density at radius 3 is 2.36 bits per heavy atom. The Bertz CT molecular complexity index is 714. The van der Waals surface area contributed by atoms with Crippen molar-refractivity contribution in [1.82, 2.24) is 9.80 Å². The number of benzene rings is 2. The molecular formula is C19H20Cl2N2O2. The molecule has 6 heteroatoms. The van der Waals surface area contributed by atoms with Crippen molar-refractivity contribution in [2.24, 2.45) is 0 Å². The van der Waals surface area contributed by atoms with Crippen LogP contribution in [-0.2, 0) is 11.3 Å². The van der Waals surface area contributed by atoms with Crippen molar-refractivity contribution >= 4 is 29.1 Å². The maximum atomic E-state index is 12.3. The number of halogens is 2. The SMILES string of the molecule is O=C(COc1ccc(Cl)cc1)N1CCN(Cc2cccc(Cl)c2)CC1. The molecule has 0 N–H and O–H groups in total. The van der Waals surface area contributed by atoms with Crippen molar-refractivity contribution in [1.29, 1.82) is 0 Å². The van der Waals surface area contributed by atoms with Gasteiger partial charge >= 0.3 is 0 Å². The molecule has 2 aromatic carbocycles. The summed E-state index contributed by atoms with van der Waals surface area (Å²) in [5.74, 6) is 0.662. The average molecular weight is 379 g/mol. The van der Waals surface area contributed by atoms with Gasteiger partial charge in [-0.05, 0) is 42.0 Å². The second-order valence-electron chi connectivity index (χ2n) is 6.03. The molecule has 1 fully saturated rings. The summed E-state index contributed by atoms with van der Waals surface area (Å²) >= 11 is 11.9. The van der Waals surface area contributed by atoms with Gasteiger partial charge in [-0.2, -0.15) is 0 Å². The topological polar surface area (TPSA) is 32.8 Å². The highest BCUT2D eigenvalue weighted by molar-refractivity contribution is 6.30. The summed E-state index contributed by atoms with van der Waals surface area (Å²) in [7, 11) is 0. The third-order valence-corrected chi connectivity index (χ3v) is 4.68. The molecule has 25 heavy (non-hydrogen) atoms. The lowest BCUT2D eigenvalue weighted by molar-refractivity contribution is -0.135. The van der Waals surface area contributed by atoms with Crippen LogP contribution in [0.2, 0.25) is 10.0 Å². The van der Waals surface area contributed by atoms with Crippen LogP contribution in [0.5, 0.6) is 5.75 Å². The van der Waals surface area contributed by atoms with E-state index in [4.69, 9.17) is 27.9 Å². The highest BCUT2D eigenvalue weighted by atomic mass is 35.5. The molecule has 4 nitrogen and oxygen atoms in total. The van der Waals surface area contributed by atoms with Crippen molar-refractivity contribution in [2.75, 3.05) is 32.8 Å². The molecule has 2 aromatic rings. The first-order chi connectivity index (χ1) is 12.1. The van der Waals surface area contributed by atoms with E-state index < -0.39 is 0 Å². The first-order valence-electron chi connectivity index (χ1n) is 8.23. The van der Waals surface area contributed by atoms with Crippen molar-refractivity contribution in [3.05, 3.63) is 64.1 Å². The zero-order chi connectivity index (χ0) is 17.6. The van der Waals surface area contributed by atoms with Gasteiger partial charge in [-0.15, -0.1) is 0 Å². The Labute approximate surface area is 157 Å². The normalized spacial score (nSPS) is 15.2. The third kappa shape index (κ3) is 5.36. The number of ether oxygens (including phenoxy) is 1. The van der Waals surface area contributed by atoms with Crippen LogP contribution >= 0.6 is 23.2 Å². The molecule has 0 aliphatic carbocycles. The van der Waals surface area contributed by atoms with Crippen LogP contribution in [0, 0.1) is 0 Å². The van der Waals surface area contributed by atoms with E-state index >= 15 is 0 Å². The monoisotopic (exact) mass is 378 g/mol. The van der Waals surface area contributed by atoms with Gasteiger partial charge in [0.15, 0.2) is 6.61 Å². The summed E-state index contributed by atoms with van der Waals surface area (Å²) in [6.07, 6.45) is 0. The van der Waals surface area contributed by atoms with E-state index in [0.717, 1.165) is 24.7 Å². The van der Waals surface area contributed by atoms with Gasteiger partial charge in [0.05, 0.1) is 0 Å². The molecule has 0 bridgehead atoms. The van der Waals surface area contributed by atoms with Crippen molar-refractivity contribution in [3.8, 4) is 5.75 Å². The van der Waals surface area contributed by atoms with Gasteiger partial charge in [0.1, 0.15) is 5.75 Å². The van der Waals surface area contributed by atoms with E-state index in [0.29, 0.717) is 23.9 Å². The minimum Gasteiger partial charge on any atom is -0.484 e. The van der Waals surface area contributed by atoms with E-state index in [1.54, 1.807) is 24.3 Å². The number of rotatable bonds is 5. The fraction of sp³-hybridized carbons (Fsp3) is 0.316. The van der Waals surface area contributed by atoms with Gasteiger partial charge < -0.3 is 9.64 Å². The minimum absolute atomic E-state index is 0.0114. The molecule has 0 atom stereocenters. The molecule has 1 saturated heterocycles. The van der Waals surface area contributed by atoms with E-state index in [1.807, 2.05) is 23.1 Å². The summed E-state index contributed by atoms with van der Waals surface area (Å²) in [6, 6.07) is 14.9. The number of piperazine rings is 1. The zero-order valence-corrected chi connectivity index (χ0v) is 15.3. The Morgan fingerprint density at radius 2 is 1.68 bits per heavy atom. The molecule has 1 aliphatic rings. The van der Waals surface area contributed by atoms with E-state index in [9.17, 15) is 4.79 Å². The summed E-state index contributed by atoms with van der Waals surface area (Å²) in [5, 5.41) is 1.40. The largest absolute Gasteiger partial charge is 0.484 e. The number of hydrogen-bond acceptors (Lipinski definition) is 3. The number of amides is 1. The standard InChI is InChI=1S/C19H20Cl2N2O2/c20-16-4-6-18(7-5-16)25-14-19(24)23-10-8-22(9-11-23)13-15-2-1-3-17(21)12-15/h1-7,12H,8-11,13-14H2. The summed E-state index contributed by atoms with van der Waals surface area (Å²) in [6.45, 7) is 4.02. The van der Waals surface area contributed by atoms with Crippen LogP contribution in [0.3, 0.4) is 0 Å². The fourth-order valence-corrected chi connectivity index (χ4v) is 3.15. The van der Waals surface area contributed by atoms with Gasteiger partial charge in [0, 0.05) is 42.8 Å². The Kier molecular flexibility index (Phi) is 6.19. The second kappa shape index (κ2) is 8.56. The number of carbonyl (C=O) groups is 1. The van der Waals surface area contributed by atoms with E-state index in [-0.39, 0.29) is 12.5 Å². The molecule has 3 rings (SSSR count). The van der Waals surface area contributed by atoms with Crippen molar-refractivity contribution < 1.29 is 9.53 Å². The molecule has 1 aliphatic heterocycles. The Hall–Kier alpha value is -1.75. The van der Waals surface area contributed by atoms with Gasteiger partial charge in [-0.1, -0.05) is 35.3 Å². The van der Waals surface area contributed by atoms with Crippen molar-refractivity contribution in [2.45, 2.75) is 6.54 Å². The predicted molar refractivity (Wildman–Crippen MR) is 100 cm³/mol. The number of nitrogens with zero attached hydrogens (tertiary/aromatic N) is 2. The molecule has 0 spiro atoms. The lowest BCUT2D eigenvalue weighted by Crippen LogP contribution is -2.49. The maximum Gasteiger partial charge on any atom is 0.260 e. The quantitative estimate of drug-likeness (QED) is 0.794. The maximum absolute atomic E-state index is 12.3. The molecule has 0 aromatic heterocycles. The molecule has 132 valence electrons. The van der Waals surface area contributed by atoms with Gasteiger partial charge in [-0.25, -0.2) is 0 Å². The third-order valence-electron chi connectivity index (χ3n) is 4.20. The van der Waals surface area contributed by atoms with Crippen LogP contribution in [-0.4, -0.2) is 48.5 Å². The van der Waals surface area contributed by atoms with E-state index in [1.165, 1.54) is 5.56 Å². The van der Waals surface area contributed by atoms with Crippen molar-refractivity contribution in [3.63, 3.8) is 0 Å². The fourth-order valence-electron chi connectivity index (χ4n) is 2.82. The molecular weight excluding hydrogens is 359 g/mol. The first-order valence-corrected chi connectivity index (χ1v) is 8.99. The first kappa shape index (κ1) is 18.1. The zero-order valence-electron chi connectivity index (χ0n) is 13.8. The lowest BCUT2D eigenvalue weighted by atomic mass is 10.2. The highest BCUT2D eigenvalue weighted by Crippen LogP contribution is 2.16. The van der Waals surface area contributed by atoms with Crippen LogP contribution in [0.25, 0.3) is 0 Å².